The van der Waals surface area contributed by atoms with Crippen LogP contribution in [0.15, 0.2) is 0 Å². The third kappa shape index (κ3) is 2.76. The minimum Gasteiger partial charge on any atom is -0.381 e. The second kappa shape index (κ2) is 4.83. The summed E-state index contributed by atoms with van der Waals surface area (Å²) in [5.41, 5.74) is 0. The fraction of sp³-hybridized carbons (Fsp3) is 1.00. The van der Waals surface area contributed by atoms with Crippen molar-refractivity contribution >= 4 is 0 Å². The number of ether oxygens (including phenoxy) is 1. The van der Waals surface area contributed by atoms with Crippen LogP contribution in [0.3, 0.4) is 0 Å². The van der Waals surface area contributed by atoms with Crippen LogP contribution in [-0.4, -0.2) is 37.2 Å². The van der Waals surface area contributed by atoms with Crippen molar-refractivity contribution in [2.45, 2.75) is 45.3 Å². The van der Waals surface area contributed by atoms with Gasteiger partial charge in [0, 0.05) is 19.7 Å². The summed E-state index contributed by atoms with van der Waals surface area (Å²) in [7, 11) is 1.83. The van der Waals surface area contributed by atoms with Gasteiger partial charge in [-0.25, -0.2) is 0 Å². The topological polar surface area (TPSA) is 12.5 Å². The fourth-order valence-electron chi connectivity index (χ4n) is 1.84. The molecule has 1 heterocycles. The van der Waals surface area contributed by atoms with Crippen LogP contribution >= 0.6 is 0 Å². The van der Waals surface area contributed by atoms with Crippen LogP contribution in [0, 0.1) is 0 Å². The Bertz CT molecular complexity index is 125. The molecule has 0 radical (unpaired) electrons. The van der Waals surface area contributed by atoms with Crippen LogP contribution in [0.4, 0.5) is 0 Å². The van der Waals surface area contributed by atoms with Crippen LogP contribution < -0.4 is 0 Å². The Hall–Kier alpha value is -0.0800. The average molecular weight is 171 g/mol. The third-order valence-electron chi connectivity index (χ3n) is 2.77. The van der Waals surface area contributed by atoms with E-state index < -0.39 is 0 Å². The maximum Gasteiger partial charge on any atom is 0.0584 e. The summed E-state index contributed by atoms with van der Waals surface area (Å²) < 4.78 is 5.37. The van der Waals surface area contributed by atoms with Gasteiger partial charge >= 0.3 is 0 Å². The molecule has 1 fully saturated rings. The average Bonchev–Trinajstić information content (AvgIpc) is 2.28. The van der Waals surface area contributed by atoms with E-state index in [1.807, 2.05) is 7.11 Å². The molecule has 2 heteroatoms. The lowest BCUT2D eigenvalue weighted by Gasteiger charge is -2.24. The molecule has 0 bridgehead atoms. The van der Waals surface area contributed by atoms with Gasteiger partial charge in [-0.1, -0.05) is 0 Å². The van der Waals surface area contributed by atoms with Gasteiger partial charge in [-0.3, -0.25) is 0 Å². The van der Waals surface area contributed by atoms with Gasteiger partial charge < -0.3 is 9.64 Å². The highest BCUT2D eigenvalue weighted by molar-refractivity contribution is 4.71. The molecule has 0 aromatic carbocycles. The van der Waals surface area contributed by atoms with E-state index in [4.69, 9.17) is 4.74 Å². The van der Waals surface area contributed by atoms with Crippen molar-refractivity contribution < 1.29 is 4.74 Å². The molecule has 0 amide bonds. The number of nitrogens with zero attached hydrogens (tertiary/aromatic N) is 1. The van der Waals surface area contributed by atoms with E-state index in [1.54, 1.807) is 0 Å². The Morgan fingerprint density at radius 2 is 2.00 bits per heavy atom. The molecule has 1 atom stereocenters. The Morgan fingerprint density at radius 1 is 1.25 bits per heavy atom. The van der Waals surface area contributed by atoms with Crippen molar-refractivity contribution in [3.8, 4) is 0 Å². The molecule has 0 aliphatic carbocycles. The molecule has 72 valence electrons. The van der Waals surface area contributed by atoms with Gasteiger partial charge in [0.2, 0.25) is 0 Å². The van der Waals surface area contributed by atoms with Crippen LogP contribution in [0.2, 0.25) is 0 Å². The molecular weight excluding hydrogens is 150 g/mol. The molecule has 1 rings (SSSR count). The van der Waals surface area contributed by atoms with Crippen LogP contribution in [0.25, 0.3) is 0 Å². The first kappa shape index (κ1) is 10.0. The van der Waals surface area contributed by atoms with E-state index >= 15 is 0 Å². The summed E-state index contributed by atoms with van der Waals surface area (Å²) in [6.07, 6.45) is 4.24. The summed E-state index contributed by atoms with van der Waals surface area (Å²) in [5.74, 6) is 0. The Balaban J connectivity index is 2.34. The van der Waals surface area contributed by atoms with Crippen molar-refractivity contribution in [3.05, 3.63) is 0 Å². The molecule has 0 saturated carbocycles. The molecule has 2 nitrogen and oxygen atoms in total. The first-order chi connectivity index (χ1) is 5.74. The first-order valence-electron chi connectivity index (χ1n) is 5.01. The predicted molar refractivity (Wildman–Crippen MR) is 51.4 cm³/mol. The van der Waals surface area contributed by atoms with Gasteiger partial charge in [-0.15, -0.1) is 0 Å². The number of methoxy groups -OCH3 is 1. The molecular formula is C10H21NO. The molecule has 0 aromatic rings. The standard InChI is InChI=1S/C10H21NO/c1-9(2)11-7-4-5-10(12-3)6-8-11/h9-10H,4-8H2,1-3H3. The molecule has 0 aromatic heterocycles. The van der Waals surface area contributed by atoms with Crippen molar-refractivity contribution in [3.63, 3.8) is 0 Å². The van der Waals surface area contributed by atoms with E-state index in [0.29, 0.717) is 12.1 Å². The van der Waals surface area contributed by atoms with Gasteiger partial charge in [-0.05, 0) is 39.7 Å². The SMILES string of the molecule is COC1CCCN(C(C)C)CC1. The lowest BCUT2D eigenvalue weighted by Crippen LogP contribution is -2.31. The molecule has 1 aliphatic rings. The zero-order valence-electron chi connectivity index (χ0n) is 8.55. The summed E-state index contributed by atoms with van der Waals surface area (Å²) in [5, 5.41) is 0. The third-order valence-corrected chi connectivity index (χ3v) is 2.77. The van der Waals surface area contributed by atoms with Gasteiger partial charge in [0.1, 0.15) is 0 Å². The largest absolute Gasteiger partial charge is 0.381 e. The van der Waals surface area contributed by atoms with E-state index in [0.717, 1.165) is 0 Å². The molecule has 0 N–H and O–H groups in total. The van der Waals surface area contributed by atoms with Crippen LogP contribution in [0.1, 0.15) is 33.1 Å². The molecule has 1 saturated heterocycles. The lowest BCUT2D eigenvalue weighted by molar-refractivity contribution is 0.0885. The van der Waals surface area contributed by atoms with Gasteiger partial charge in [0.05, 0.1) is 6.10 Å². The van der Waals surface area contributed by atoms with Gasteiger partial charge in [0.25, 0.3) is 0 Å². The number of hydrogen-bond donors (Lipinski definition) is 0. The zero-order chi connectivity index (χ0) is 8.97. The van der Waals surface area contributed by atoms with Crippen molar-refractivity contribution in [1.82, 2.24) is 4.90 Å². The molecule has 0 spiro atoms. The summed E-state index contributed by atoms with van der Waals surface area (Å²) in [4.78, 5) is 2.54. The quantitative estimate of drug-likeness (QED) is 0.629. The molecule has 12 heavy (non-hydrogen) atoms. The molecule has 1 aliphatic heterocycles. The second-order valence-electron chi connectivity index (χ2n) is 3.92. The molecule has 1 unspecified atom stereocenters. The summed E-state index contributed by atoms with van der Waals surface area (Å²) in [6.45, 7) is 6.99. The Morgan fingerprint density at radius 3 is 2.58 bits per heavy atom. The van der Waals surface area contributed by atoms with E-state index in [9.17, 15) is 0 Å². The Kier molecular flexibility index (Phi) is 4.02. The minimum atomic E-state index is 0.508. The number of likely N-dealkylation sites (tertiary alicyclic amines) is 1. The summed E-state index contributed by atoms with van der Waals surface area (Å²) >= 11 is 0. The lowest BCUT2D eigenvalue weighted by atomic mass is 10.2. The highest BCUT2D eigenvalue weighted by Gasteiger charge is 2.17. The zero-order valence-corrected chi connectivity index (χ0v) is 8.55. The van der Waals surface area contributed by atoms with Crippen molar-refractivity contribution in [1.29, 1.82) is 0 Å². The van der Waals surface area contributed by atoms with Gasteiger partial charge in [0.15, 0.2) is 0 Å². The monoisotopic (exact) mass is 171 g/mol. The smallest absolute Gasteiger partial charge is 0.0584 e. The minimum absolute atomic E-state index is 0.508. The number of rotatable bonds is 2. The highest BCUT2D eigenvalue weighted by atomic mass is 16.5. The van der Waals surface area contributed by atoms with Crippen LogP contribution in [-0.2, 0) is 4.74 Å². The van der Waals surface area contributed by atoms with Crippen molar-refractivity contribution in [2.75, 3.05) is 20.2 Å². The normalized spacial score (nSPS) is 27.5. The van der Waals surface area contributed by atoms with Crippen molar-refractivity contribution in [2.24, 2.45) is 0 Å². The maximum absolute atomic E-state index is 5.37. The van der Waals surface area contributed by atoms with Crippen LogP contribution in [0.5, 0.6) is 0 Å². The van der Waals surface area contributed by atoms with E-state index in [1.165, 1.54) is 32.4 Å². The predicted octanol–water partition coefficient (Wildman–Crippen LogP) is 1.90. The fourth-order valence-corrected chi connectivity index (χ4v) is 1.84. The van der Waals surface area contributed by atoms with E-state index in [-0.39, 0.29) is 0 Å². The Labute approximate surface area is 75.9 Å². The number of hydrogen-bond acceptors (Lipinski definition) is 2. The first-order valence-corrected chi connectivity index (χ1v) is 5.01. The maximum atomic E-state index is 5.37. The highest BCUT2D eigenvalue weighted by Crippen LogP contribution is 2.14. The van der Waals surface area contributed by atoms with E-state index in [2.05, 4.69) is 18.7 Å². The second-order valence-corrected chi connectivity index (χ2v) is 3.92. The summed E-state index contributed by atoms with van der Waals surface area (Å²) in [6, 6.07) is 0.695. The van der Waals surface area contributed by atoms with Gasteiger partial charge in [-0.2, -0.15) is 0 Å².